The van der Waals surface area contributed by atoms with Crippen LogP contribution in [0.3, 0.4) is 0 Å². The van der Waals surface area contributed by atoms with Crippen LogP contribution in [0, 0.1) is 0 Å². The molecule has 121 valence electrons. The average Bonchev–Trinajstić information content (AvgIpc) is 2.29. The zero-order chi connectivity index (χ0) is 15.0. The van der Waals surface area contributed by atoms with Gasteiger partial charge in [0.1, 0.15) is 0 Å². The first-order valence-electron chi connectivity index (χ1n) is 7.31. The van der Waals surface area contributed by atoms with Crippen molar-refractivity contribution in [3.8, 4) is 0 Å². The second-order valence-corrected chi connectivity index (χ2v) is 5.80. The molecule has 0 spiro atoms. The molecule has 0 saturated heterocycles. The molecule has 5 nitrogen and oxygen atoms in total. The van der Waals surface area contributed by atoms with E-state index in [-0.39, 0.29) is 31.0 Å². The number of aliphatic hydroxyl groups is 1. The van der Waals surface area contributed by atoms with Crippen LogP contribution in [0.5, 0.6) is 0 Å². The number of phosphoric acid groups is 1. The van der Waals surface area contributed by atoms with Crippen LogP contribution in [0.1, 0.15) is 79.0 Å². The molecular weight excluding hydrogens is 290 g/mol. The van der Waals surface area contributed by atoms with E-state index in [9.17, 15) is 0 Å². The van der Waals surface area contributed by atoms with Gasteiger partial charge in [-0.3, -0.25) is 0 Å². The Morgan fingerprint density at radius 3 is 1.25 bits per heavy atom. The van der Waals surface area contributed by atoms with Gasteiger partial charge in [0.25, 0.3) is 0 Å². The molecule has 1 radical (unpaired) electrons. The smallest absolute Gasteiger partial charge is 0.396 e. The normalized spacial score (nSPS) is 10.4. The van der Waals surface area contributed by atoms with Gasteiger partial charge in [-0.1, -0.05) is 71.1 Å². The fraction of sp³-hybridized carbons (Fsp3) is 1.00. The predicted octanol–water partition coefficient (Wildman–Crippen LogP) is 3.23. The van der Waals surface area contributed by atoms with Crippen molar-refractivity contribution in [1.82, 2.24) is 0 Å². The van der Waals surface area contributed by atoms with Gasteiger partial charge >= 0.3 is 7.82 Å². The number of hydrogen-bond acceptors (Lipinski definition) is 2. The Kier molecular flexibility index (Phi) is 26.1. The van der Waals surface area contributed by atoms with Crippen molar-refractivity contribution in [2.45, 2.75) is 77.6 Å². The second kappa shape index (κ2) is 20.1. The number of unbranched alkanes of at least 4 members (excludes halogenated alkanes) is 10. The summed E-state index contributed by atoms with van der Waals surface area (Å²) in [6, 6.07) is 0. The summed E-state index contributed by atoms with van der Waals surface area (Å²) in [6.45, 7) is 2.64. The van der Waals surface area contributed by atoms with Crippen molar-refractivity contribution in [3.05, 3.63) is 0 Å². The van der Waals surface area contributed by atoms with Gasteiger partial charge in [-0.2, -0.15) is 0 Å². The van der Waals surface area contributed by atoms with E-state index < -0.39 is 7.82 Å². The second-order valence-electron chi connectivity index (χ2n) is 4.77. The van der Waals surface area contributed by atoms with Crippen molar-refractivity contribution >= 4 is 37.4 Å². The zero-order valence-corrected chi connectivity index (χ0v) is 16.0. The first-order chi connectivity index (χ1) is 8.91. The van der Waals surface area contributed by atoms with Gasteiger partial charge in [0.2, 0.25) is 0 Å². The summed E-state index contributed by atoms with van der Waals surface area (Å²) in [4.78, 5) is 21.6. The molecule has 20 heavy (non-hydrogen) atoms. The van der Waals surface area contributed by atoms with Crippen molar-refractivity contribution < 1.29 is 25.8 Å². The Hall–Kier alpha value is 1.07. The van der Waals surface area contributed by atoms with Gasteiger partial charge in [0.15, 0.2) is 0 Å². The van der Waals surface area contributed by atoms with Crippen LogP contribution >= 0.6 is 7.82 Å². The Labute approximate surface area is 147 Å². The molecule has 0 saturated carbocycles. The van der Waals surface area contributed by atoms with E-state index in [4.69, 9.17) is 24.4 Å². The molecule has 0 fully saturated rings. The molecule has 4 N–H and O–H groups in total. The third-order valence-electron chi connectivity index (χ3n) is 2.76. The minimum Gasteiger partial charge on any atom is -0.396 e. The largest absolute Gasteiger partial charge is 0.466 e. The minimum atomic E-state index is -4.64. The third-order valence-corrected chi connectivity index (χ3v) is 2.76. The number of aliphatic hydroxyl groups excluding tert-OH is 1. The summed E-state index contributed by atoms with van der Waals surface area (Å²) in [7, 11) is -4.64. The summed E-state index contributed by atoms with van der Waals surface area (Å²) < 4.78 is 8.88. The Bertz CT molecular complexity index is 196. The van der Waals surface area contributed by atoms with E-state index >= 15 is 0 Å². The number of hydrogen-bond donors (Lipinski definition) is 4. The van der Waals surface area contributed by atoms with Crippen molar-refractivity contribution in [1.29, 1.82) is 0 Å². The van der Waals surface area contributed by atoms with Gasteiger partial charge in [-0.25, -0.2) is 4.57 Å². The number of rotatable bonds is 11. The van der Waals surface area contributed by atoms with Crippen molar-refractivity contribution in [2.24, 2.45) is 0 Å². The van der Waals surface area contributed by atoms with Crippen LogP contribution in [0.15, 0.2) is 0 Å². The van der Waals surface area contributed by atoms with Crippen LogP contribution < -0.4 is 0 Å². The first-order valence-corrected chi connectivity index (χ1v) is 8.87. The molecule has 0 aliphatic rings. The molecule has 0 aromatic rings. The van der Waals surface area contributed by atoms with Gasteiger partial charge in [-0.05, 0) is 6.42 Å². The summed E-state index contributed by atoms with van der Waals surface area (Å²) in [6.07, 6.45) is 14.8. The maximum atomic E-state index is 8.88. The Morgan fingerprint density at radius 2 is 1.00 bits per heavy atom. The van der Waals surface area contributed by atoms with Gasteiger partial charge in [-0.15, -0.1) is 0 Å². The molecule has 0 aromatic carbocycles. The molecule has 0 aliphatic carbocycles. The van der Waals surface area contributed by atoms with Crippen LogP contribution in [0.25, 0.3) is 0 Å². The molecule has 0 amide bonds. The summed E-state index contributed by atoms with van der Waals surface area (Å²) in [5, 5.41) is 8.59. The van der Waals surface area contributed by atoms with E-state index in [1.54, 1.807) is 0 Å². The Balaban J connectivity index is -0.000000179. The first kappa shape index (κ1) is 26.0. The van der Waals surface area contributed by atoms with Crippen molar-refractivity contribution in [3.63, 3.8) is 0 Å². The zero-order valence-electron chi connectivity index (χ0n) is 13.1. The predicted molar refractivity (Wildman–Crippen MR) is 85.7 cm³/mol. The molecule has 0 unspecified atom stereocenters. The quantitative estimate of drug-likeness (QED) is 0.266. The van der Waals surface area contributed by atoms with E-state index in [1.165, 1.54) is 64.2 Å². The maximum Gasteiger partial charge on any atom is 0.466 e. The molecule has 0 rings (SSSR count). The van der Waals surface area contributed by atoms with Gasteiger partial charge < -0.3 is 19.8 Å². The fourth-order valence-electron chi connectivity index (χ4n) is 1.78. The summed E-state index contributed by atoms with van der Waals surface area (Å²) in [5.41, 5.74) is 0. The summed E-state index contributed by atoms with van der Waals surface area (Å²) in [5.74, 6) is 0. The molecule has 0 bridgehead atoms. The van der Waals surface area contributed by atoms with Crippen molar-refractivity contribution in [2.75, 3.05) is 6.61 Å². The van der Waals surface area contributed by atoms with E-state index in [0.29, 0.717) is 6.61 Å². The monoisotopic (exact) mass is 323 g/mol. The average molecular weight is 323 g/mol. The Morgan fingerprint density at radius 1 is 0.750 bits per heavy atom. The van der Waals surface area contributed by atoms with Crippen LogP contribution in [-0.2, 0) is 4.57 Å². The van der Waals surface area contributed by atoms with E-state index in [2.05, 4.69) is 6.92 Å². The van der Waals surface area contributed by atoms with Crippen LogP contribution in [0.2, 0.25) is 0 Å². The van der Waals surface area contributed by atoms with Gasteiger partial charge in [0, 0.05) is 37.6 Å². The minimum absolute atomic E-state index is 0. The topological polar surface area (TPSA) is 98.0 Å². The fourth-order valence-corrected chi connectivity index (χ4v) is 1.78. The third kappa shape index (κ3) is 42.7. The molecular formula is C13H33NaO5P. The van der Waals surface area contributed by atoms with E-state index in [0.717, 1.165) is 6.42 Å². The van der Waals surface area contributed by atoms with E-state index in [1.807, 2.05) is 0 Å². The molecule has 0 aliphatic heterocycles. The molecule has 0 heterocycles. The SMILES string of the molecule is CCCCCCCCCCCCCO.O=P(O)(O)O.[HH].[Na]. The summed E-state index contributed by atoms with van der Waals surface area (Å²) >= 11 is 0. The molecule has 7 heteroatoms. The standard InChI is InChI=1S/C13H28O.Na.H3O4P.H2/c1-2-3-4-5-6-7-8-9-10-11-12-13-14;;1-5(2,3)4;/h14H,2-13H2,1H3;;(H3,1,2,3,4);1H. The molecule has 0 atom stereocenters. The molecule has 0 aromatic heterocycles. The maximum absolute atomic E-state index is 8.88. The van der Waals surface area contributed by atoms with Crippen LogP contribution in [0.4, 0.5) is 0 Å². The van der Waals surface area contributed by atoms with Gasteiger partial charge in [0.05, 0.1) is 0 Å². The van der Waals surface area contributed by atoms with Crippen LogP contribution in [-0.4, -0.2) is 56.0 Å².